The Morgan fingerprint density at radius 1 is 0.667 bits per heavy atom. The fraction of sp³-hybridized carbons (Fsp3) is 0.308. The minimum atomic E-state index is -0.345. The smallest absolute Gasteiger partial charge is 0.123 e. The highest BCUT2D eigenvalue weighted by molar-refractivity contribution is 5.88. The molecule has 0 radical (unpaired) electrons. The third-order valence-electron chi connectivity index (χ3n) is 5.50. The minimum absolute atomic E-state index is 0.171. The molecule has 0 atom stereocenters. The second-order valence-electron chi connectivity index (χ2n) is 7.56. The van der Waals surface area contributed by atoms with Gasteiger partial charge >= 0.3 is 0 Å². The number of rotatable bonds is 9. The molecule has 2 nitrogen and oxygen atoms in total. The molecule has 0 aliphatic rings. The highest BCUT2D eigenvalue weighted by Gasteiger charge is 2.20. The van der Waals surface area contributed by atoms with Crippen molar-refractivity contribution in [2.45, 2.75) is 52.2 Å². The van der Waals surface area contributed by atoms with Crippen molar-refractivity contribution < 1.29 is 19.0 Å². The van der Waals surface area contributed by atoms with Crippen molar-refractivity contribution in [3.8, 4) is 22.3 Å². The van der Waals surface area contributed by atoms with Gasteiger partial charge in [-0.15, -0.1) is 0 Å². The molecule has 2 N–H and O–H groups in total. The Morgan fingerprint density at radius 2 is 1.23 bits per heavy atom. The highest BCUT2D eigenvalue weighted by atomic mass is 19.1. The largest absolute Gasteiger partial charge is 0.392 e. The molecule has 0 saturated carbocycles. The Morgan fingerprint density at radius 3 is 1.73 bits per heavy atom. The summed E-state index contributed by atoms with van der Waals surface area (Å²) in [6.07, 6.45) is 5.17. The molecule has 158 valence electrons. The number of aryl methyl sites for hydroxylation is 1. The number of aliphatic hydroxyl groups excluding tert-OH is 2. The molecule has 0 heterocycles. The Bertz CT molecular complexity index is 964. The van der Waals surface area contributed by atoms with E-state index >= 15 is 0 Å². The second-order valence-corrected chi connectivity index (χ2v) is 7.56. The number of hydrogen-bond acceptors (Lipinski definition) is 2. The molecule has 0 bridgehead atoms. The summed E-state index contributed by atoms with van der Waals surface area (Å²) < 4.78 is 27.1. The van der Waals surface area contributed by atoms with E-state index in [1.807, 2.05) is 6.07 Å². The number of unbranched alkanes of at least 4 members (excludes halogenated alkanes) is 3. The van der Waals surface area contributed by atoms with Gasteiger partial charge in [0.15, 0.2) is 0 Å². The van der Waals surface area contributed by atoms with Crippen molar-refractivity contribution in [2.24, 2.45) is 0 Å². The van der Waals surface area contributed by atoms with Crippen LogP contribution in [0.2, 0.25) is 0 Å². The maximum atomic E-state index is 13.6. The van der Waals surface area contributed by atoms with E-state index in [1.165, 1.54) is 24.3 Å². The number of aliphatic hydroxyl groups is 2. The summed E-state index contributed by atoms with van der Waals surface area (Å²) in [7, 11) is 0. The quantitative estimate of drug-likeness (QED) is 0.400. The van der Waals surface area contributed by atoms with E-state index in [4.69, 9.17) is 0 Å². The molecule has 30 heavy (non-hydrogen) atoms. The summed E-state index contributed by atoms with van der Waals surface area (Å²) in [6.45, 7) is 1.80. The fourth-order valence-corrected chi connectivity index (χ4v) is 3.99. The minimum Gasteiger partial charge on any atom is -0.392 e. The summed E-state index contributed by atoms with van der Waals surface area (Å²) in [5, 5.41) is 20.5. The Balaban J connectivity index is 2.23. The molecule has 4 heteroatoms. The predicted octanol–water partition coefficient (Wildman–Crippen LogP) is 6.41. The molecule has 0 aliphatic carbocycles. The van der Waals surface area contributed by atoms with Crippen molar-refractivity contribution in [3.05, 3.63) is 82.9 Å². The number of benzene rings is 3. The normalized spacial score (nSPS) is 11.1. The van der Waals surface area contributed by atoms with E-state index in [0.29, 0.717) is 5.56 Å². The van der Waals surface area contributed by atoms with Crippen LogP contribution in [0.4, 0.5) is 8.78 Å². The van der Waals surface area contributed by atoms with Crippen LogP contribution in [-0.2, 0) is 19.6 Å². The van der Waals surface area contributed by atoms with Crippen LogP contribution in [0.15, 0.2) is 54.6 Å². The Hall–Kier alpha value is -2.56. The fourth-order valence-electron chi connectivity index (χ4n) is 3.99. The third-order valence-corrected chi connectivity index (χ3v) is 5.50. The molecule has 3 rings (SSSR count). The van der Waals surface area contributed by atoms with Crippen molar-refractivity contribution >= 4 is 0 Å². The predicted molar refractivity (Wildman–Crippen MR) is 117 cm³/mol. The van der Waals surface area contributed by atoms with E-state index < -0.39 is 0 Å². The van der Waals surface area contributed by atoms with Gasteiger partial charge in [0, 0.05) is 0 Å². The molecule has 0 aliphatic heterocycles. The van der Waals surface area contributed by atoms with E-state index in [9.17, 15) is 19.0 Å². The van der Waals surface area contributed by atoms with Crippen LogP contribution in [0, 0.1) is 11.6 Å². The second kappa shape index (κ2) is 10.5. The lowest BCUT2D eigenvalue weighted by Gasteiger charge is -2.22. The van der Waals surface area contributed by atoms with Gasteiger partial charge in [-0.1, -0.05) is 56.5 Å². The van der Waals surface area contributed by atoms with Gasteiger partial charge < -0.3 is 10.2 Å². The summed E-state index contributed by atoms with van der Waals surface area (Å²) in [5.74, 6) is -0.687. The molecule has 0 saturated heterocycles. The zero-order chi connectivity index (χ0) is 21.5. The van der Waals surface area contributed by atoms with Crippen molar-refractivity contribution in [1.29, 1.82) is 0 Å². The van der Waals surface area contributed by atoms with Crippen LogP contribution >= 0.6 is 0 Å². The monoisotopic (exact) mass is 410 g/mol. The van der Waals surface area contributed by atoms with Crippen LogP contribution in [0.3, 0.4) is 0 Å². The number of halogens is 2. The lowest BCUT2D eigenvalue weighted by molar-refractivity contribution is 0.277. The first kappa shape index (κ1) is 22.1. The first-order valence-corrected chi connectivity index (χ1v) is 10.5. The molecule has 0 aromatic heterocycles. The van der Waals surface area contributed by atoms with Gasteiger partial charge in [0.1, 0.15) is 11.6 Å². The first-order valence-electron chi connectivity index (χ1n) is 10.5. The van der Waals surface area contributed by atoms with E-state index in [-0.39, 0.29) is 24.8 Å². The van der Waals surface area contributed by atoms with Gasteiger partial charge in [-0.25, -0.2) is 8.78 Å². The average Bonchev–Trinajstić information content (AvgIpc) is 2.77. The van der Waals surface area contributed by atoms with Gasteiger partial charge in [-0.3, -0.25) is 0 Å². The van der Waals surface area contributed by atoms with Crippen molar-refractivity contribution in [2.75, 3.05) is 0 Å². The van der Waals surface area contributed by atoms with E-state index in [0.717, 1.165) is 65.5 Å². The van der Waals surface area contributed by atoms with Crippen LogP contribution in [-0.4, -0.2) is 10.2 Å². The standard InChI is InChI=1S/C26H28F2O2/c1-2-3-4-5-6-20-15-21(16-29)25(18-7-11-22(27)12-8-18)26(24(20)17-30)19-9-13-23(28)14-10-19/h7-15,29-30H,2-6,16-17H2,1H3. The zero-order valence-corrected chi connectivity index (χ0v) is 17.3. The van der Waals surface area contributed by atoms with Crippen molar-refractivity contribution in [1.82, 2.24) is 0 Å². The lowest BCUT2D eigenvalue weighted by Crippen LogP contribution is -2.05. The SMILES string of the molecule is CCCCCCc1cc(CO)c(-c2ccc(F)cc2)c(-c2ccc(F)cc2)c1CO. The van der Waals surface area contributed by atoms with Crippen LogP contribution in [0.1, 0.15) is 49.3 Å². The summed E-state index contributed by atoms with van der Waals surface area (Å²) in [4.78, 5) is 0. The van der Waals surface area contributed by atoms with Crippen LogP contribution < -0.4 is 0 Å². The highest BCUT2D eigenvalue weighted by Crippen LogP contribution is 2.40. The molecule has 3 aromatic rings. The van der Waals surface area contributed by atoms with Gasteiger partial charge in [-0.05, 0) is 76.1 Å². The third kappa shape index (κ3) is 4.94. The molecule has 0 spiro atoms. The van der Waals surface area contributed by atoms with Gasteiger partial charge in [-0.2, -0.15) is 0 Å². The van der Waals surface area contributed by atoms with Gasteiger partial charge in [0.25, 0.3) is 0 Å². The summed E-state index contributed by atoms with van der Waals surface area (Å²) >= 11 is 0. The topological polar surface area (TPSA) is 40.5 Å². The molecule has 0 amide bonds. The maximum absolute atomic E-state index is 13.6. The number of hydrogen-bond donors (Lipinski definition) is 2. The average molecular weight is 411 g/mol. The maximum Gasteiger partial charge on any atom is 0.123 e. The summed E-state index contributed by atoms with van der Waals surface area (Å²) in [5.41, 5.74) is 5.48. The molecule has 0 unspecified atom stereocenters. The van der Waals surface area contributed by atoms with E-state index in [2.05, 4.69) is 6.92 Å². The van der Waals surface area contributed by atoms with Gasteiger partial charge in [0.05, 0.1) is 13.2 Å². The molecular formula is C26H28F2O2. The van der Waals surface area contributed by atoms with Crippen LogP contribution in [0.5, 0.6) is 0 Å². The molecule has 0 fully saturated rings. The summed E-state index contributed by atoms with van der Waals surface area (Å²) in [6, 6.07) is 14.2. The lowest BCUT2D eigenvalue weighted by atomic mass is 9.83. The van der Waals surface area contributed by atoms with E-state index in [1.54, 1.807) is 24.3 Å². The Kier molecular flexibility index (Phi) is 7.72. The Labute approximate surface area is 176 Å². The molecule has 3 aromatic carbocycles. The molecular weight excluding hydrogens is 382 g/mol. The van der Waals surface area contributed by atoms with Crippen LogP contribution in [0.25, 0.3) is 22.3 Å². The first-order chi connectivity index (χ1) is 14.6. The van der Waals surface area contributed by atoms with Gasteiger partial charge in [0.2, 0.25) is 0 Å². The van der Waals surface area contributed by atoms with Crippen molar-refractivity contribution in [3.63, 3.8) is 0 Å². The zero-order valence-electron chi connectivity index (χ0n) is 17.3.